The number of nitrogens with one attached hydrogen (secondary N) is 1. The summed E-state index contributed by atoms with van der Waals surface area (Å²) in [6.45, 7) is 9.71. The lowest BCUT2D eigenvalue weighted by Crippen LogP contribution is -2.51. The van der Waals surface area contributed by atoms with E-state index in [1.165, 1.54) is 12.0 Å². The lowest BCUT2D eigenvalue weighted by molar-refractivity contribution is -0.143. The average Bonchev–Trinajstić information content (AvgIpc) is 2.67. The van der Waals surface area contributed by atoms with Gasteiger partial charge in [0.25, 0.3) is 0 Å². The van der Waals surface area contributed by atoms with E-state index in [0.717, 1.165) is 5.56 Å². The molecule has 0 aliphatic rings. The van der Waals surface area contributed by atoms with E-state index in [1.807, 2.05) is 44.2 Å². The molecule has 8 heteroatoms. The fraction of sp³-hybridized carbons (Fsp3) is 0.591. The Balaban J connectivity index is 2.82. The molecule has 0 saturated carbocycles. The Kier molecular flexibility index (Phi) is 10.1. The Hall–Kier alpha value is -2.77. The van der Waals surface area contributed by atoms with E-state index in [9.17, 15) is 14.4 Å². The number of methoxy groups -OCH3 is 1. The topological polar surface area (TPSA) is 94.2 Å². The Morgan fingerprint density at radius 2 is 1.73 bits per heavy atom. The molecule has 1 rings (SSSR count). The number of amides is 2. The van der Waals surface area contributed by atoms with Gasteiger partial charge >= 0.3 is 18.2 Å². The van der Waals surface area contributed by atoms with E-state index in [2.05, 4.69) is 5.32 Å². The maximum Gasteiger partial charge on any atom is 0.410 e. The van der Waals surface area contributed by atoms with Gasteiger partial charge < -0.3 is 24.4 Å². The van der Waals surface area contributed by atoms with Gasteiger partial charge in [-0.1, -0.05) is 44.2 Å². The summed E-state index contributed by atoms with van der Waals surface area (Å²) in [4.78, 5) is 38.5. The lowest BCUT2D eigenvalue weighted by Gasteiger charge is -2.30. The predicted molar refractivity (Wildman–Crippen MR) is 113 cm³/mol. The van der Waals surface area contributed by atoms with Crippen LogP contribution in [0.1, 0.15) is 46.6 Å². The van der Waals surface area contributed by atoms with Gasteiger partial charge in [-0.05, 0) is 38.7 Å². The molecular formula is C22H34N2O6. The van der Waals surface area contributed by atoms with E-state index in [0.29, 0.717) is 18.9 Å². The third kappa shape index (κ3) is 10.1. The molecule has 8 nitrogen and oxygen atoms in total. The van der Waals surface area contributed by atoms with Gasteiger partial charge in [-0.3, -0.25) is 0 Å². The zero-order chi connectivity index (χ0) is 22.7. The highest BCUT2D eigenvalue weighted by atomic mass is 16.6. The SMILES string of the molecule is COC(=O)[C@H](CN(CCC(C)C)C(=O)OC(C)(C)C)NC(=O)OCc1ccccc1. The first-order valence-electron chi connectivity index (χ1n) is 10.0. The summed E-state index contributed by atoms with van der Waals surface area (Å²) < 4.78 is 15.4. The molecule has 0 spiro atoms. The number of alkyl carbamates (subject to hydrolysis) is 1. The van der Waals surface area contributed by atoms with Crippen molar-refractivity contribution in [3.63, 3.8) is 0 Å². The summed E-state index contributed by atoms with van der Waals surface area (Å²) in [6.07, 6.45) is -0.621. The van der Waals surface area contributed by atoms with Crippen molar-refractivity contribution >= 4 is 18.2 Å². The van der Waals surface area contributed by atoms with Crippen LogP contribution in [0.15, 0.2) is 30.3 Å². The van der Waals surface area contributed by atoms with Crippen LogP contribution in [0.3, 0.4) is 0 Å². The van der Waals surface area contributed by atoms with Crippen LogP contribution >= 0.6 is 0 Å². The molecule has 0 heterocycles. The third-order valence-electron chi connectivity index (χ3n) is 4.02. The van der Waals surface area contributed by atoms with Crippen LogP contribution in [-0.2, 0) is 25.6 Å². The number of hydrogen-bond acceptors (Lipinski definition) is 6. The Bertz CT molecular complexity index is 685. The highest BCUT2D eigenvalue weighted by molar-refractivity contribution is 5.82. The van der Waals surface area contributed by atoms with Crippen molar-refractivity contribution < 1.29 is 28.6 Å². The van der Waals surface area contributed by atoms with E-state index >= 15 is 0 Å². The normalized spacial score (nSPS) is 12.1. The van der Waals surface area contributed by atoms with Gasteiger partial charge in [-0.2, -0.15) is 0 Å². The molecule has 0 bridgehead atoms. The summed E-state index contributed by atoms with van der Waals surface area (Å²) in [5.74, 6) is -0.333. The molecule has 1 aromatic rings. The molecule has 0 saturated heterocycles. The van der Waals surface area contributed by atoms with Crippen LogP contribution in [0.4, 0.5) is 9.59 Å². The molecule has 0 radical (unpaired) electrons. The van der Waals surface area contributed by atoms with Crippen LogP contribution in [-0.4, -0.2) is 54.9 Å². The maximum absolute atomic E-state index is 12.6. The van der Waals surface area contributed by atoms with E-state index in [1.54, 1.807) is 20.8 Å². The molecule has 0 aliphatic heterocycles. The van der Waals surface area contributed by atoms with Gasteiger partial charge in [0.15, 0.2) is 0 Å². The zero-order valence-corrected chi connectivity index (χ0v) is 18.8. The standard InChI is InChI=1S/C22H34N2O6/c1-16(2)12-13-24(21(27)30-22(3,4)5)14-18(19(25)28-6)23-20(26)29-15-17-10-8-7-9-11-17/h7-11,16,18H,12-15H2,1-6H3,(H,23,26)/t18-/m0/s1. The van der Waals surface area contributed by atoms with Crippen molar-refractivity contribution in [3.8, 4) is 0 Å². The van der Waals surface area contributed by atoms with Crippen LogP contribution in [0.5, 0.6) is 0 Å². The van der Waals surface area contributed by atoms with Crippen LogP contribution in [0, 0.1) is 5.92 Å². The van der Waals surface area contributed by atoms with Crippen LogP contribution in [0.2, 0.25) is 0 Å². The molecule has 0 unspecified atom stereocenters. The first-order chi connectivity index (χ1) is 14.0. The van der Waals surface area contributed by atoms with Crippen LogP contribution in [0.25, 0.3) is 0 Å². The quantitative estimate of drug-likeness (QED) is 0.481. The molecule has 168 valence electrons. The summed E-state index contributed by atoms with van der Waals surface area (Å²) >= 11 is 0. The van der Waals surface area contributed by atoms with Gasteiger partial charge in [0.2, 0.25) is 0 Å². The molecule has 1 N–H and O–H groups in total. The summed E-state index contributed by atoms with van der Waals surface area (Å²) in [5, 5.41) is 2.49. The second kappa shape index (κ2) is 12.0. The fourth-order valence-electron chi connectivity index (χ4n) is 2.45. The maximum atomic E-state index is 12.6. The van der Waals surface area contributed by atoms with E-state index < -0.39 is 29.8 Å². The Labute approximate surface area is 178 Å². The predicted octanol–water partition coefficient (Wildman–Crippen LogP) is 3.74. The van der Waals surface area contributed by atoms with Crippen molar-refractivity contribution in [2.75, 3.05) is 20.2 Å². The Morgan fingerprint density at radius 3 is 2.27 bits per heavy atom. The number of ether oxygens (including phenoxy) is 3. The Morgan fingerprint density at radius 1 is 1.10 bits per heavy atom. The van der Waals surface area contributed by atoms with Crippen molar-refractivity contribution in [2.24, 2.45) is 5.92 Å². The number of rotatable bonds is 9. The summed E-state index contributed by atoms with van der Waals surface area (Å²) in [5.41, 5.74) is 0.130. The van der Waals surface area contributed by atoms with Gasteiger partial charge in [0, 0.05) is 6.54 Å². The number of esters is 1. The molecule has 0 aliphatic carbocycles. The first kappa shape index (κ1) is 25.3. The third-order valence-corrected chi connectivity index (χ3v) is 4.02. The number of carbonyl (C=O) groups excluding carboxylic acids is 3. The van der Waals surface area contributed by atoms with Crippen molar-refractivity contribution in [1.29, 1.82) is 0 Å². The molecule has 30 heavy (non-hydrogen) atoms. The number of benzene rings is 1. The van der Waals surface area contributed by atoms with Gasteiger partial charge in [-0.15, -0.1) is 0 Å². The zero-order valence-electron chi connectivity index (χ0n) is 18.8. The highest BCUT2D eigenvalue weighted by Crippen LogP contribution is 2.13. The molecule has 2 amide bonds. The number of carbonyl (C=O) groups is 3. The van der Waals surface area contributed by atoms with Crippen molar-refractivity contribution in [3.05, 3.63) is 35.9 Å². The van der Waals surface area contributed by atoms with Gasteiger partial charge in [0.05, 0.1) is 13.7 Å². The molecule has 1 aromatic carbocycles. The van der Waals surface area contributed by atoms with E-state index in [-0.39, 0.29) is 13.2 Å². The summed E-state index contributed by atoms with van der Waals surface area (Å²) in [7, 11) is 1.22. The summed E-state index contributed by atoms with van der Waals surface area (Å²) in [6, 6.07) is 8.09. The fourth-order valence-corrected chi connectivity index (χ4v) is 2.45. The molecular weight excluding hydrogens is 388 g/mol. The van der Waals surface area contributed by atoms with Gasteiger partial charge in [0.1, 0.15) is 18.2 Å². The van der Waals surface area contributed by atoms with Crippen LogP contribution < -0.4 is 5.32 Å². The van der Waals surface area contributed by atoms with E-state index in [4.69, 9.17) is 14.2 Å². The number of nitrogens with zero attached hydrogens (tertiary/aromatic N) is 1. The highest BCUT2D eigenvalue weighted by Gasteiger charge is 2.30. The number of hydrogen-bond donors (Lipinski definition) is 1. The molecule has 0 aromatic heterocycles. The van der Waals surface area contributed by atoms with Gasteiger partial charge in [-0.25, -0.2) is 14.4 Å². The molecule has 1 atom stereocenters. The minimum Gasteiger partial charge on any atom is -0.467 e. The second-order valence-electron chi connectivity index (χ2n) is 8.39. The lowest BCUT2D eigenvalue weighted by atomic mass is 10.1. The molecule has 0 fully saturated rings. The first-order valence-corrected chi connectivity index (χ1v) is 10.0. The average molecular weight is 423 g/mol. The second-order valence-corrected chi connectivity index (χ2v) is 8.39. The minimum atomic E-state index is -1.09. The van der Waals surface area contributed by atoms with Crippen molar-refractivity contribution in [2.45, 2.75) is 59.3 Å². The largest absolute Gasteiger partial charge is 0.467 e. The monoisotopic (exact) mass is 422 g/mol. The van der Waals surface area contributed by atoms with Crippen molar-refractivity contribution in [1.82, 2.24) is 10.2 Å². The smallest absolute Gasteiger partial charge is 0.410 e. The minimum absolute atomic E-state index is 0.0592.